The van der Waals surface area contributed by atoms with Gasteiger partial charge in [-0.1, -0.05) is 17.7 Å². The summed E-state index contributed by atoms with van der Waals surface area (Å²) in [4.78, 5) is 7.77. The van der Waals surface area contributed by atoms with E-state index in [1.54, 1.807) is 12.1 Å². The molecular weight excluding hydrogens is 258 g/mol. The summed E-state index contributed by atoms with van der Waals surface area (Å²) in [6, 6.07) is 13.2. The topological polar surface area (TPSA) is 52.5 Å². The minimum absolute atomic E-state index is 0.616. The average molecular weight is 268 g/mol. The van der Waals surface area contributed by atoms with Crippen molar-refractivity contribution in [1.82, 2.24) is 9.97 Å². The zero-order valence-corrected chi connectivity index (χ0v) is 11.0. The Balaban J connectivity index is 2.21. The van der Waals surface area contributed by atoms with Gasteiger partial charge in [-0.25, -0.2) is 4.98 Å². The highest BCUT2D eigenvalue weighted by Crippen LogP contribution is 2.26. The predicted octanol–water partition coefficient (Wildman–Crippen LogP) is 4.06. The Labute approximate surface area is 115 Å². The minimum Gasteiger partial charge on any atom is -0.338 e. The van der Waals surface area contributed by atoms with Crippen LogP contribution in [0.5, 0.6) is 0 Å². The molecule has 0 saturated heterocycles. The van der Waals surface area contributed by atoms with Gasteiger partial charge in [-0.3, -0.25) is 0 Å². The lowest BCUT2D eigenvalue weighted by molar-refractivity contribution is 1.31. The molecule has 0 bridgehead atoms. The maximum atomic E-state index is 8.90. The van der Waals surface area contributed by atoms with Crippen molar-refractivity contribution >= 4 is 22.6 Å². The van der Waals surface area contributed by atoms with Gasteiger partial charge in [-0.15, -0.1) is 0 Å². The van der Waals surface area contributed by atoms with Crippen LogP contribution in [0.4, 0.5) is 0 Å². The molecule has 0 atom stereocenters. The van der Waals surface area contributed by atoms with E-state index < -0.39 is 0 Å². The molecule has 0 aliphatic rings. The molecule has 0 fully saturated rings. The second-order valence-corrected chi connectivity index (χ2v) is 4.82. The van der Waals surface area contributed by atoms with Crippen molar-refractivity contribution in [3.63, 3.8) is 0 Å². The first-order chi connectivity index (χ1) is 9.17. The molecule has 0 aliphatic carbocycles. The number of fused-ring (bicyclic) bond motifs is 1. The van der Waals surface area contributed by atoms with Gasteiger partial charge in [0.2, 0.25) is 0 Å². The Morgan fingerprint density at radius 1 is 1.21 bits per heavy atom. The lowest BCUT2D eigenvalue weighted by Gasteiger charge is -2.02. The lowest BCUT2D eigenvalue weighted by atomic mass is 10.1. The van der Waals surface area contributed by atoms with Gasteiger partial charge in [0.05, 0.1) is 22.7 Å². The number of hydrogen-bond acceptors (Lipinski definition) is 2. The fourth-order valence-corrected chi connectivity index (χ4v) is 2.23. The number of nitrogens with one attached hydrogen (secondary N) is 1. The summed E-state index contributed by atoms with van der Waals surface area (Å²) in [5.41, 5.74) is 4.39. The van der Waals surface area contributed by atoms with Gasteiger partial charge in [-0.05, 0) is 42.8 Å². The Morgan fingerprint density at radius 2 is 2.05 bits per heavy atom. The third kappa shape index (κ3) is 2.07. The van der Waals surface area contributed by atoms with E-state index >= 15 is 0 Å². The van der Waals surface area contributed by atoms with Gasteiger partial charge < -0.3 is 4.98 Å². The number of imidazole rings is 1. The highest BCUT2D eigenvalue weighted by Gasteiger charge is 2.09. The van der Waals surface area contributed by atoms with E-state index in [9.17, 15) is 0 Å². The number of nitriles is 1. The molecule has 1 heterocycles. The molecule has 2 aromatic carbocycles. The predicted molar refractivity (Wildman–Crippen MR) is 76.0 cm³/mol. The number of rotatable bonds is 1. The highest BCUT2D eigenvalue weighted by molar-refractivity contribution is 6.30. The van der Waals surface area contributed by atoms with Crippen LogP contribution in [0.3, 0.4) is 0 Å². The Morgan fingerprint density at radius 3 is 2.84 bits per heavy atom. The van der Waals surface area contributed by atoms with Crippen LogP contribution in [0.2, 0.25) is 5.02 Å². The second-order valence-electron chi connectivity index (χ2n) is 4.39. The number of H-pyrrole nitrogens is 1. The smallest absolute Gasteiger partial charge is 0.138 e. The minimum atomic E-state index is 0.616. The maximum Gasteiger partial charge on any atom is 0.138 e. The van der Waals surface area contributed by atoms with E-state index in [0.717, 1.165) is 28.0 Å². The molecule has 1 N–H and O–H groups in total. The average Bonchev–Trinajstić information content (AvgIpc) is 2.83. The van der Waals surface area contributed by atoms with E-state index in [1.165, 1.54) is 0 Å². The summed E-state index contributed by atoms with van der Waals surface area (Å²) in [5.74, 6) is 0.769. The van der Waals surface area contributed by atoms with Gasteiger partial charge in [0.1, 0.15) is 5.82 Å². The first-order valence-corrected chi connectivity index (χ1v) is 6.21. The number of benzene rings is 2. The third-order valence-corrected chi connectivity index (χ3v) is 3.30. The van der Waals surface area contributed by atoms with Crippen LogP contribution >= 0.6 is 11.6 Å². The van der Waals surface area contributed by atoms with E-state index in [-0.39, 0.29) is 0 Å². The third-order valence-electron chi connectivity index (χ3n) is 3.07. The monoisotopic (exact) mass is 267 g/mol. The van der Waals surface area contributed by atoms with Gasteiger partial charge in [0.25, 0.3) is 0 Å². The number of halogens is 1. The van der Waals surface area contributed by atoms with Gasteiger partial charge in [-0.2, -0.15) is 5.26 Å². The zero-order chi connectivity index (χ0) is 13.4. The van der Waals surface area contributed by atoms with E-state index in [0.29, 0.717) is 10.6 Å². The number of hydrogen-bond donors (Lipinski definition) is 1. The van der Waals surface area contributed by atoms with Crippen molar-refractivity contribution in [3.8, 4) is 17.5 Å². The molecule has 0 radical (unpaired) electrons. The number of aromatic nitrogens is 2. The lowest BCUT2D eigenvalue weighted by Crippen LogP contribution is -1.85. The molecule has 19 heavy (non-hydrogen) atoms. The normalized spacial score (nSPS) is 10.6. The van der Waals surface area contributed by atoms with Crippen LogP contribution in [0.1, 0.15) is 11.1 Å². The summed E-state index contributed by atoms with van der Waals surface area (Å²) < 4.78 is 0. The fraction of sp³-hybridized carbons (Fsp3) is 0.0667. The second kappa shape index (κ2) is 4.42. The molecule has 0 amide bonds. The number of aryl methyl sites for hydroxylation is 1. The molecule has 0 saturated carbocycles. The molecule has 3 nitrogen and oxygen atoms in total. The van der Waals surface area contributed by atoms with E-state index in [2.05, 4.69) is 16.0 Å². The van der Waals surface area contributed by atoms with Gasteiger partial charge in [0.15, 0.2) is 0 Å². The van der Waals surface area contributed by atoms with Gasteiger partial charge >= 0.3 is 0 Å². The van der Waals surface area contributed by atoms with Crippen molar-refractivity contribution in [2.24, 2.45) is 0 Å². The quantitative estimate of drug-likeness (QED) is 0.723. The number of aromatic amines is 1. The van der Waals surface area contributed by atoms with Crippen LogP contribution in [-0.4, -0.2) is 9.97 Å². The van der Waals surface area contributed by atoms with E-state index in [1.807, 2.05) is 31.2 Å². The number of nitrogens with zero attached hydrogens (tertiary/aromatic N) is 2. The Kier molecular flexibility index (Phi) is 2.73. The van der Waals surface area contributed by atoms with Crippen molar-refractivity contribution < 1.29 is 0 Å². The standard InChI is InChI=1S/C15H10ClN3/c1-9-2-4-11(16)7-12(9)15-18-13-5-3-10(8-17)6-14(13)19-15/h2-7H,1H3,(H,18,19). The SMILES string of the molecule is Cc1ccc(Cl)cc1-c1nc2ccc(C#N)cc2[nH]1. The molecule has 4 heteroatoms. The first-order valence-electron chi connectivity index (χ1n) is 5.84. The molecule has 92 valence electrons. The summed E-state index contributed by atoms with van der Waals surface area (Å²) in [6.45, 7) is 2.01. The van der Waals surface area contributed by atoms with Crippen molar-refractivity contribution in [3.05, 3.63) is 52.5 Å². The largest absolute Gasteiger partial charge is 0.338 e. The van der Waals surface area contributed by atoms with Crippen molar-refractivity contribution in [2.75, 3.05) is 0 Å². The van der Waals surface area contributed by atoms with Crippen LogP contribution in [0.15, 0.2) is 36.4 Å². The van der Waals surface area contributed by atoms with Crippen LogP contribution in [0.25, 0.3) is 22.4 Å². The zero-order valence-electron chi connectivity index (χ0n) is 10.2. The summed E-state index contributed by atoms with van der Waals surface area (Å²) in [5, 5.41) is 9.58. The summed E-state index contributed by atoms with van der Waals surface area (Å²) >= 11 is 6.03. The molecular formula is C15H10ClN3. The molecule has 3 rings (SSSR count). The van der Waals surface area contributed by atoms with E-state index in [4.69, 9.17) is 16.9 Å². The van der Waals surface area contributed by atoms with Crippen LogP contribution in [-0.2, 0) is 0 Å². The van der Waals surface area contributed by atoms with Crippen molar-refractivity contribution in [1.29, 1.82) is 5.26 Å². The van der Waals surface area contributed by atoms with Crippen LogP contribution < -0.4 is 0 Å². The van der Waals surface area contributed by atoms with Gasteiger partial charge in [0, 0.05) is 10.6 Å². The molecule has 1 aromatic heterocycles. The fourth-order valence-electron chi connectivity index (χ4n) is 2.06. The summed E-state index contributed by atoms with van der Waals surface area (Å²) in [6.07, 6.45) is 0. The molecule has 0 unspecified atom stereocenters. The molecule has 3 aromatic rings. The summed E-state index contributed by atoms with van der Waals surface area (Å²) in [7, 11) is 0. The molecule has 0 spiro atoms. The molecule has 0 aliphatic heterocycles. The first kappa shape index (κ1) is 11.8. The Hall–Kier alpha value is -2.31. The highest BCUT2D eigenvalue weighted by atomic mass is 35.5. The van der Waals surface area contributed by atoms with Crippen molar-refractivity contribution in [2.45, 2.75) is 6.92 Å². The maximum absolute atomic E-state index is 8.90. The Bertz CT molecular complexity index is 812. The van der Waals surface area contributed by atoms with Crippen LogP contribution in [0, 0.1) is 18.3 Å².